The summed E-state index contributed by atoms with van der Waals surface area (Å²) in [5, 5.41) is 0. The Morgan fingerprint density at radius 1 is 0.703 bits per heavy atom. The zero-order valence-corrected chi connectivity index (χ0v) is 21.5. The number of hydrogen-bond donors (Lipinski definition) is 0. The zero-order valence-electron chi connectivity index (χ0n) is 20.6. The number of esters is 1. The lowest BCUT2D eigenvalue weighted by Gasteiger charge is -2.23. The molecule has 0 aromatic heterocycles. The van der Waals surface area contributed by atoms with Crippen LogP contribution in [0.1, 0.15) is 31.2 Å². The van der Waals surface area contributed by atoms with Gasteiger partial charge in [0.05, 0.1) is 10.9 Å². The van der Waals surface area contributed by atoms with Gasteiger partial charge in [0.25, 0.3) is 0 Å². The fourth-order valence-electron chi connectivity index (χ4n) is 4.49. The molecule has 184 valence electrons. The van der Waals surface area contributed by atoms with Crippen LogP contribution in [0.3, 0.4) is 0 Å². The van der Waals surface area contributed by atoms with Crippen LogP contribution in [0.25, 0.3) is 0 Å². The average Bonchev–Trinajstić information content (AvgIpc) is 3.42. The van der Waals surface area contributed by atoms with Crippen molar-refractivity contribution in [2.45, 2.75) is 46.0 Å². The van der Waals surface area contributed by atoms with E-state index in [9.17, 15) is 4.79 Å². The molecule has 1 fully saturated rings. The molecule has 0 amide bonds. The van der Waals surface area contributed by atoms with Crippen LogP contribution in [0.5, 0.6) is 5.75 Å². The quantitative estimate of drug-likeness (QED) is 0.153. The van der Waals surface area contributed by atoms with E-state index in [0.717, 1.165) is 31.2 Å². The minimum atomic E-state index is -0.722. The Hall–Kier alpha value is -3.94. The highest BCUT2D eigenvalue weighted by Gasteiger charge is 2.36. The lowest BCUT2D eigenvalue weighted by molar-refractivity contribution is -0.156. The molecule has 0 N–H and O–H groups in total. The summed E-state index contributed by atoms with van der Waals surface area (Å²) in [7, 11) is -0.225. The molecule has 4 aromatic rings. The number of carbonyl (C=O) groups is 1. The maximum atomic E-state index is 12.7. The maximum absolute atomic E-state index is 12.7. The van der Waals surface area contributed by atoms with Gasteiger partial charge in [-0.25, -0.2) is 4.79 Å². The molecule has 4 aromatic carbocycles. The average molecular weight is 506 g/mol. The van der Waals surface area contributed by atoms with Crippen LogP contribution in [0, 0.1) is 11.8 Å². The first-order valence-corrected chi connectivity index (χ1v) is 13.8. The fourth-order valence-corrected chi connectivity index (χ4v) is 6.57. The fraction of sp³-hybridized carbons (Fsp3) is 0.182. The van der Waals surface area contributed by atoms with Crippen molar-refractivity contribution in [3.63, 3.8) is 0 Å². The summed E-state index contributed by atoms with van der Waals surface area (Å²) in [5.41, 5.74) is 0.200. The van der Waals surface area contributed by atoms with Crippen LogP contribution >= 0.6 is 0 Å². The first-order chi connectivity index (χ1) is 18.2. The van der Waals surface area contributed by atoms with Crippen molar-refractivity contribution in [2.24, 2.45) is 0 Å². The minimum Gasteiger partial charge on any atom is -0.482 e. The Labute approximate surface area is 221 Å². The summed E-state index contributed by atoms with van der Waals surface area (Å²) < 4.78 is 11.7. The van der Waals surface area contributed by atoms with Gasteiger partial charge in [0, 0.05) is 5.56 Å². The molecule has 5 rings (SSSR count). The van der Waals surface area contributed by atoms with Crippen molar-refractivity contribution in [1.29, 1.82) is 0 Å². The highest BCUT2D eigenvalue weighted by molar-refractivity contribution is 7.97. The smallest absolute Gasteiger partial charge is 0.345 e. The summed E-state index contributed by atoms with van der Waals surface area (Å²) in [6.45, 7) is -0.142. The second-order valence-electron chi connectivity index (χ2n) is 8.98. The van der Waals surface area contributed by atoms with Crippen molar-refractivity contribution < 1.29 is 14.3 Å². The van der Waals surface area contributed by atoms with E-state index in [2.05, 4.69) is 72.5 Å². The predicted octanol–water partition coefficient (Wildman–Crippen LogP) is 7.07. The molecular formula is C33H29O3S+. The molecule has 0 saturated heterocycles. The predicted molar refractivity (Wildman–Crippen MR) is 148 cm³/mol. The summed E-state index contributed by atoms with van der Waals surface area (Å²) in [4.78, 5) is 16.4. The van der Waals surface area contributed by atoms with E-state index in [1.54, 1.807) is 0 Å². The molecule has 0 atom stereocenters. The van der Waals surface area contributed by atoms with Crippen molar-refractivity contribution in [2.75, 3.05) is 6.61 Å². The number of rotatable bonds is 7. The van der Waals surface area contributed by atoms with E-state index in [1.165, 1.54) is 14.7 Å². The largest absolute Gasteiger partial charge is 0.482 e. The first kappa shape index (κ1) is 24.7. The van der Waals surface area contributed by atoms with Gasteiger partial charge in [-0.2, -0.15) is 0 Å². The Kier molecular flexibility index (Phi) is 7.93. The second kappa shape index (κ2) is 11.9. The van der Waals surface area contributed by atoms with E-state index >= 15 is 0 Å². The number of hydrogen-bond acceptors (Lipinski definition) is 3. The third-order valence-corrected chi connectivity index (χ3v) is 8.53. The van der Waals surface area contributed by atoms with Gasteiger partial charge >= 0.3 is 5.97 Å². The van der Waals surface area contributed by atoms with Gasteiger partial charge in [-0.15, -0.1) is 0 Å². The van der Waals surface area contributed by atoms with Crippen LogP contribution in [0.15, 0.2) is 130 Å². The van der Waals surface area contributed by atoms with Crippen LogP contribution in [0.4, 0.5) is 0 Å². The van der Waals surface area contributed by atoms with Gasteiger partial charge in [0.2, 0.25) is 0 Å². The molecule has 0 unspecified atom stereocenters. The van der Waals surface area contributed by atoms with Gasteiger partial charge in [-0.05, 0) is 92.3 Å². The molecule has 4 heteroatoms. The van der Waals surface area contributed by atoms with Crippen LogP contribution in [-0.4, -0.2) is 18.2 Å². The number of carbonyl (C=O) groups excluding carboxylic acids is 1. The molecular weight excluding hydrogens is 476 g/mol. The molecule has 1 saturated carbocycles. The summed E-state index contributed by atoms with van der Waals surface area (Å²) >= 11 is 0. The van der Waals surface area contributed by atoms with Gasteiger partial charge in [-0.3, -0.25) is 0 Å². The number of ether oxygens (including phenoxy) is 2. The lowest BCUT2D eigenvalue weighted by Crippen LogP contribution is -2.32. The van der Waals surface area contributed by atoms with Crippen molar-refractivity contribution in [1.82, 2.24) is 0 Å². The SMILES string of the molecule is O=C(COc1ccc([S+](c2ccccc2)c2ccccc2)cc1)OC1(C#Cc2ccccc2)CCCC1. The molecule has 0 spiro atoms. The van der Waals surface area contributed by atoms with Gasteiger partial charge in [0.15, 0.2) is 26.9 Å². The first-order valence-electron chi connectivity index (χ1n) is 12.6. The molecule has 37 heavy (non-hydrogen) atoms. The van der Waals surface area contributed by atoms with Gasteiger partial charge < -0.3 is 9.47 Å². The van der Waals surface area contributed by atoms with E-state index in [-0.39, 0.29) is 23.5 Å². The lowest BCUT2D eigenvalue weighted by atomic mass is 10.0. The molecule has 1 aliphatic carbocycles. The molecule has 1 aliphatic rings. The van der Waals surface area contributed by atoms with Gasteiger partial charge in [-0.1, -0.05) is 60.5 Å². The summed E-state index contributed by atoms with van der Waals surface area (Å²) in [6, 6.07) is 38.8. The minimum absolute atomic E-state index is 0.142. The van der Waals surface area contributed by atoms with Crippen molar-refractivity contribution >= 4 is 16.9 Å². The van der Waals surface area contributed by atoms with E-state index < -0.39 is 5.60 Å². The second-order valence-corrected chi connectivity index (χ2v) is 11.0. The Balaban J connectivity index is 1.25. The molecule has 0 bridgehead atoms. The Morgan fingerprint density at radius 3 is 1.78 bits per heavy atom. The third-order valence-electron chi connectivity index (χ3n) is 6.30. The Morgan fingerprint density at radius 2 is 1.22 bits per heavy atom. The topological polar surface area (TPSA) is 35.5 Å². The number of benzene rings is 4. The normalized spacial score (nSPS) is 14.0. The molecule has 3 nitrogen and oxygen atoms in total. The summed E-state index contributed by atoms with van der Waals surface area (Å²) in [5.74, 6) is 6.68. The molecule has 0 radical (unpaired) electrons. The highest BCUT2D eigenvalue weighted by Crippen LogP contribution is 2.34. The van der Waals surface area contributed by atoms with Crippen molar-refractivity contribution in [3.8, 4) is 17.6 Å². The monoisotopic (exact) mass is 505 g/mol. The van der Waals surface area contributed by atoms with E-state index in [4.69, 9.17) is 9.47 Å². The van der Waals surface area contributed by atoms with Crippen LogP contribution in [-0.2, 0) is 20.4 Å². The van der Waals surface area contributed by atoms with E-state index in [1.807, 2.05) is 54.6 Å². The highest BCUT2D eigenvalue weighted by atomic mass is 32.2. The van der Waals surface area contributed by atoms with Crippen LogP contribution in [0.2, 0.25) is 0 Å². The standard InChI is InChI=1S/C33H29O3S/c34-32(36-33(23-10-11-24-33)25-22-27-12-4-1-5-13-27)26-35-28-18-20-31(21-19-28)37(29-14-6-2-7-15-29)30-16-8-3-9-17-30/h1-9,12-21H,10-11,23-24,26H2/q+1. The van der Waals surface area contributed by atoms with Crippen LogP contribution < -0.4 is 4.74 Å². The zero-order chi connectivity index (χ0) is 25.3. The molecule has 0 heterocycles. The molecule has 0 aliphatic heterocycles. The van der Waals surface area contributed by atoms with Crippen molar-refractivity contribution in [3.05, 3.63) is 121 Å². The Bertz CT molecular complexity index is 1310. The maximum Gasteiger partial charge on any atom is 0.345 e. The third kappa shape index (κ3) is 6.44. The van der Waals surface area contributed by atoms with E-state index in [0.29, 0.717) is 5.75 Å². The van der Waals surface area contributed by atoms with Gasteiger partial charge in [0.1, 0.15) is 5.75 Å². The summed E-state index contributed by atoms with van der Waals surface area (Å²) in [6.07, 6.45) is 3.52.